The first-order valence-corrected chi connectivity index (χ1v) is 8.65. The van der Waals surface area contributed by atoms with Crippen molar-refractivity contribution in [3.05, 3.63) is 46.8 Å². The monoisotopic (exact) mass is 375 g/mol. The Kier molecular flexibility index (Phi) is 5.58. The van der Waals surface area contributed by atoms with E-state index in [-0.39, 0.29) is 24.2 Å². The molecule has 2 amide bonds. The molecular formula is C18H22ClN5O2. The van der Waals surface area contributed by atoms with Crippen LogP contribution in [0.4, 0.5) is 5.69 Å². The zero-order chi connectivity index (χ0) is 17.2. The normalized spacial score (nSPS) is 16.2. The number of rotatable bonds is 4. The summed E-state index contributed by atoms with van der Waals surface area (Å²) in [6.07, 6.45) is 2.45. The van der Waals surface area contributed by atoms with Gasteiger partial charge in [0.15, 0.2) is 5.69 Å². The molecule has 26 heavy (non-hydrogen) atoms. The fraction of sp³-hybridized carbons (Fsp3) is 0.389. The molecule has 0 bridgehead atoms. The third-order valence-electron chi connectivity index (χ3n) is 4.78. The SMILES string of the molecule is Cl.O=C(Nc1ccc(CN2CCCC2=O)cc1)c1n[nH]c2c1CNCC2. The molecule has 4 rings (SSSR count). The molecule has 0 unspecified atom stereocenters. The topological polar surface area (TPSA) is 90.1 Å². The van der Waals surface area contributed by atoms with Gasteiger partial charge in [0.1, 0.15) is 0 Å². The lowest BCUT2D eigenvalue weighted by molar-refractivity contribution is -0.128. The van der Waals surface area contributed by atoms with Crippen LogP contribution in [0.2, 0.25) is 0 Å². The molecule has 0 radical (unpaired) electrons. The van der Waals surface area contributed by atoms with E-state index in [4.69, 9.17) is 0 Å². The molecule has 2 aromatic rings. The van der Waals surface area contributed by atoms with Gasteiger partial charge in [-0.2, -0.15) is 5.10 Å². The van der Waals surface area contributed by atoms with Crippen LogP contribution in [0.3, 0.4) is 0 Å². The number of amides is 2. The zero-order valence-electron chi connectivity index (χ0n) is 14.4. The Hall–Kier alpha value is -2.38. The smallest absolute Gasteiger partial charge is 0.276 e. The van der Waals surface area contributed by atoms with E-state index in [1.54, 1.807) is 0 Å². The second kappa shape index (κ2) is 7.88. The molecule has 2 aliphatic rings. The maximum absolute atomic E-state index is 12.5. The average molecular weight is 376 g/mol. The lowest BCUT2D eigenvalue weighted by Gasteiger charge is -2.16. The molecule has 2 aliphatic heterocycles. The van der Waals surface area contributed by atoms with Crippen LogP contribution < -0.4 is 10.6 Å². The van der Waals surface area contributed by atoms with E-state index >= 15 is 0 Å². The van der Waals surface area contributed by atoms with Crippen molar-refractivity contribution in [3.8, 4) is 0 Å². The minimum Gasteiger partial charge on any atom is -0.338 e. The number of benzene rings is 1. The minimum absolute atomic E-state index is 0. The van der Waals surface area contributed by atoms with Crippen LogP contribution in [-0.2, 0) is 24.3 Å². The number of likely N-dealkylation sites (tertiary alicyclic amines) is 1. The molecule has 138 valence electrons. The van der Waals surface area contributed by atoms with Crippen molar-refractivity contribution in [1.82, 2.24) is 20.4 Å². The first kappa shape index (κ1) is 18.4. The Morgan fingerprint density at radius 1 is 1.23 bits per heavy atom. The molecule has 3 N–H and O–H groups in total. The van der Waals surface area contributed by atoms with E-state index in [2.05, 4.69) is 20.8 Å². The summed E-state index contributed by atoms with van der Waals surface area (Å²) in [6, 6.07) is 7.63. The molecule has 1 saturated heterocycles. The van der Waals surface area contributed by atoms with Crippen LogP contribution >= 0.6 is 12.4 Å². The van der Waals surface area contributed by atoms with Gasteiger partial charge in [-0.3, -0.25) is 14.7 Å². The molecule has 1 aromatic carbocycles. The summed E-state index contributed by atoms with van der Waals surface area (Å²) >= 11 is 0. The highest BCUT2D eigenvalue weighted by Crippen LogP contribution is 2.19. The minimum atomic E-state index is -0.205. The lowest BCUT2D eigenvalue weighted by atomic mass is 10.1. The number of carbonyl (C=O) groups excluding carboxylic acids is 2. The molecule has 3 heterocycles. The average Bonchev–Trinajstić information content (AvgIpc) is 3.23. The largest absolute Gasteiger partial charge is 0.338 e. The van der Waals surface area contributed by atoms with E-state index < -0.39 is 0 Å². The summed E-state index contributed by atoms with van der Waals surface area (Å²) < 4.78 is 0. The first-order chi connectivity index (χ1) is 12.2. The first-order valence-electron chi connectivity index (χ1n) is 8.65. The predicted octanol–water partition coefficient (Wildman–Crippen LogP) is 1.85. The molecule has 0 spiro atoms. The number of aromatic nitrogens is 2. The summed E-state index contributed by atoms with van der Waals surface area (Å²) in [5.41, 5.74) is 4.23. The standard InChI is InChI=1S/C18H21N5O2.ClH/c24-16-2-1-9-23(16)11-12-3-5-13(6-4-12)20-18(25)17-14-10-19-8-7-15(14)21-22-17;/h3-6,19H,1-2,7-11H2,(H,20,25)(H,21,22);1H. The third-order valence-corrected chi connectivity index (χ3v) is 4.78. The highest BCUT2D eigenvalue weighted by molar-refractivity contribution is 6.04. The van der Waals surface area contributed by atoms with E-state index in [0.717, 1.165) is 48.4 Å². The van der Waals surface area contributed by atoms with Gasteiger partial charge in [-0.1, -0.05) is 12.1 Å². The molecule has 0 aliphatic carbocycles. The Bertz CT molecular complexity index is 802. The van der Waals surface area contributed by atoms with Crippen molar-refractivity contribution in [2.75, 3.05) is 18.4 Å². The quantitative estimate of drug-likeness (QED) is 0.760. The van der Waals surface area contributed by atoms with Gasteiger partial charge in [-0.25, -0.2) is 0 Å². The molecule has 1 aromatic heterocycles. The Morgan fingerprint density at radius 2 is 2.04 bits per heavy atom. The van der Waals surface area contributed by atoms with Crippen molar-refractivity contribution >= 4 is 29.9 Å². The molecule has 1 fully saturated rings. The highest BCUT2D eigenvalue weighted by Gasteiger charge is 2.22. The Balaban J connectivity index is 0.00000196. The van der Waals surface area contributed by atoms with Gasteiger partial charge < -0.3 is 15.5 Å². The van der Waals surface area contributed by atoms with Crippen LogP contribution in [0.1, 0.15) is 40.2 Å². The van der Waals surface area contributed by atoms with Crippen LogP contribution in [0, 0.1) is 0 Å². The van der Waals surface area contributed by atoms with Crippen molar-refractivity contribution in [1.29, 1.82) is 0 Å². The van der Waals surface area contributed by atoms with Gasteiger partial charge in [0.2, 0.25) is 5.91 Å². The van der Waals surface area contributed by atoms with Gasteiger partial charge >= 0.3 is 0 Å². The zero-order valence-corrected chi connectivity index (χ0v) is 15.2. The number of aromatic amines is 1. The maximum Gasteiger partial charge on any atom is 0.276 e. The maximum atomic E-state index is 12.5. The molecular weight excluding hydrogens is 354 g/mol. The third kappa shape index (κ3) is 3.73. The van der Waals surface area contributed by atoms with Crippen LogP contribution in [-0.4, -0.2) is 40.0 Å². The van der Waals surface area contributed by atoms with Gasteiger partial charge in [0.25, 0.3) is 5.91 Å². The van der Waals surface area contributed by atoms with Gasteiger partial charge in [0.05, 0.1) is 0 Å². The lowest BCUT2D eigenvalue weighted by Crippen LogP contribution is -2.25. The fourth-order valence-corrected chi connectivity index (χ4v) is 3.39. The number of anilines is 1. The van der Waals surface area contributed by atoms with Gasteiger partial charge in [-0.15, -0.1) is 12.4 Å². The molecule has 0 atom stereocenters. The number of H-pyrrole nitrogens is 1. The number of fused-ring (bicyclic) bond motifs is 1. The molecule has 0 saturated carbocycles. The highest BCUT2D eigenvalue weighted by atomic mass is 35.5. The molecule has 7 nitrogen and oxygen atoms in total. The fourth-order valence-electron chi connectivity index (χ4n) is 3.39. The second-order valence-electron chi connectivity index (χ2n) is 6.53. The Morgan fingerprint density at radius 3 is 2.77 bits per heavy atom. The van der Waals surface area contributed by atoms with E-state index in [1.807, 2.05) is 29.2 Å². The number of nitrogens with zero attached hydrogens (tertiary/aromatic N) is 2. The van der Waals surface area contributed by atoms with E-state index in [9.17, 15) is 9.59 Å². The van der Waals surface area contributed by atoms with Crippen LogP contribution in [0.5, 0.6) is 0 Å². The van der Waals surface area contributed by atoms with Crippen LogP contribution in [0.15, 0.2) is 24.3 Å². The van der Waals surface area contributed by atoms with Crippen molar-refractivity contribution in [2.45, 2.75) is 32.4 Å². The van der Waals surface area contributed by atoms with Crippen LogP contribution in [0.25, 0.3) is 0 Å². The second-order valence-corrected chi connectivity index (χ2v) is 6.53. The predicted molar refractivity (Wildman–Crippen MR) is 100 cm³/mol. The summed E-state index contributed by atoms with van der Waals surface area (Å²) in [5, 5.41) is 13.3. The van der Waals surface area contributed by atoms with Crippen molar-refractivity contribution < 1.29 is 9.59 Å². The number of hydrogen-bond donors (Lipinski definition) is 3. The summed E-state index contributed by atoms with van der Waals surface area (Å²) in [5.74, 6) is 0.0120. The van der Waals surface area contributed by atoms with E-state index in [1.165, 1.54) is 0 Å². The van der Waals surface area contributed by atoms with Gasteiger partial charge in [0, 0.05) is 56.0 Å². The van der Waals surface area contributed by atoms with Crippen molar-refractivity contribution in [2.24, 2.45) is 0 Å². The molecule has 8 heteroatoms. The number of carbonyl (C=O) groups is 2. The summed E-state index contributed by atoms with van der Waals surface area (Å²) in [4.78, 5) is 26.0. The van der Waals surface area contributed by atoms with Gasteiger partial charge in [-0.05, 0) is 24.1 Å². The number of hydrogen-bond acceptors (Lipinski definition) is 4. The van der Waals surface area contributed by atoms with Crippen molar-refractivity contribution in [3.63, 3.8) is 0 Å². The number of nitrogens with one attached hydrogen (secondary N) is 3. The summed E-state index contributed by atoms with van der Waals surface area (Å²) in [6.45, 7) is 3.02. The summed E-state index contributed by atoms with van der Waals surface area (Å²) in [7, 11) is 0. The number of halogens is 1. The van der Waals surface area contributed by atoms with E-state index in [0.29, 0.717) is 25.2 Å². The Labute approximate surface area is 157 Å².